The molecule has 26 heavy (non-hydrogen) atoms. The molecule has 1 aliphatic rings. The average molecular weight is 386 g/mol. The topological polar surface area (TPSA) is 59.5 Å². The summed E-state index contributed by atoms with van der Waals surface area (Å²) in [4.78, 5) is 3.65. The van der Waals surface area contributed by atoms with Gasteiger partial charge in [0.05, 0.1) is 18.0 Å². The molecule has 2 heterocycles. The van der Waals surface area contributed by atoms with Gasteiger partial charge in [0, 0.05) is 6.07 Å². The molecule has 1 aliphatic heterocycles. The maximum Gasteiger partial charge on any atom is 0.433 e. The van der Waals surface area contributed by atoms with Crippen molar-refractivity contribution in [3.8, 4) is 5.88 Å². The van der Waals surface area contributed by atoms with Gasteiger partial charge in [0.2, 0.25) is 15.9 Å². The van der Waals surface area contributed by atoms with Crippen molar-refractivity contribution in [2.45, 2.75) is 31.0 Å². The molecule has 2 aromatic rings. The Labute approximate surface area is 149 Å². The smallest absolute Gasteiger partial charge is 0.433 e. The summed E-state index contributed by atoms with van der Waals surface area (Å²) in [5.74, 6) is -0.173. The normalized spacial score (nSPS) is 16.3. The Kier molecular flexibility index (Phi) is 4.70. The Hall–Kier alpha value is -2.13. The maximum absolute atomic E-state index is 12.7. The highest BCUT2D eigenvalue weighted by molar-refractivity contribution is 7.89. The first-order valence-electron chi connectivity index (χ1n) is 7.86. The fourth-order valence-electron chi connectivity index (χ4n) is 2.60. The van der Waals surface area contributed by atoms with Gasteiger partial charge in [-0.05, 0) is 37.1 Å². The lowest BCUT2D eigenvalue weighted by atomic mass is 10.2. The largest absolute Gasteiger partial charge is 0.472 e. The zero-order valence-electron chi connectivity index (χ0n) is 14.1. The number of aromatic nitrogens is 1. The molecule has 9 heteroatoms. The lowest BCUT2D eigenvalue weighted by Gasteiger charge is -2.37. The van der Waals surface area contributed by atoms with Crippen LogP contribution in [0.1, 0.15) is 16.8 Å². The predicted molar refractivity (Wildman–Crippen MR) is 88.3 cm³/mol. The van der Waals surface area contributed by atoms with E-state index < -0.39 is 28.0 Å². The van der Waals surface area contributed by atoms with Crippen molar-refractivity contribution in [3.05, 3.63) is 53.2 Å². The molecule has 140 valence electrons. The first-order valence-corrected chi connectivity index (χ1v) is 9.30. The monoisotopic (exact) mass is 386 g/mol. The van der Waals surface area contributed by atoms with Crippen molar-refractivity contribution >= 4 is 10.0 Å². The van der Waals surface area contributed by atoms with Gasteiger partial charge >= 0.3 is 6.18 Å². The van der Waals surface area contributed by atoms with Crippen molar-refractivity contribution < 1.29 is 26.3 Å². The van der Waals surface area contributed by atoms with Crippen LogP contribution in [0.4, 0.5) is 13.2 Å². The van der Waals surface area contributed by atoms with Crippen LogP contribution < -0.4 is 4.74 Å². The highest BCUT2D eigenvalue weighted by atomic mass is 32.2. The quantitative estimate of drug-likeness (QED) is 0.810. The number of sulfonamides is 1. The fourth-order valence-corrected chi connectivity index (χ4v) is 4.42. The van der Waals surface area contributed by atoms with E-state index in [0.717, 1.165) is 11.6 Å². The minimum absolute atomic E-state index is 0.0631. The number of rotatable bonds is 4. The van der Waals surface area contributed by atoms with E-state index in [1.165, 1.54) is 16.4 Å². The van der Waals surface area contributed by atoms with Crippen LogP contribution in [0.25, 0.3) is 0 Å². The molecule has 0 bridgehead atoms. The van der Waals surface area contributed by atoms with Gasteiger partial charge in [-0.3, -0.25) is 0 Å². The third-order valence-corrected chi connectivity index (χ3v) is 6.05. The van der Waals surface area contributed by atoms with Crippen LogP contribution in [0.15, 0.2) is 41.3 Å². The van der Waals surface area contributed by atoms with E-state index in [0.29, 0.717) is 5.56 Å². The van der Waals surface area contributed by atoms with Crippen molar-refractivity contribution in [1.29, 1.82) is 0 Å². The molecule has 0 spiro atoms. The number of ether oxygens (including phenoxy) is 1. The highest BCUT2D eigenvalue weighted by Gasteiger charge is 2.39. The molecule has 0 unspecified atom stereocenters. The van der Waals surface area contributed by atoms with Gasteiger partial charge in [0.15, 0.2) is 0 Å². The summed E-state index contributed by atoms with van der Waals surface area (Å²) in [5, 5.41) is 0. The lowest BCUT2D eigenvalue weighted by Crippen LogP contribution is -2.56. The SMILES string of the molecule is Cc1ccc(C)c(S(=O)(=O)N2CC(Oc3cccc(C(F)(F)F)n3)C2)c1. The zero-order chi connectivity index (χ0) is 19.1. The van der Waals surface area contributed by atoms with Crippen molar-refractivity contribution in [3.63, 3.8) is 0 Å². The van der Waals surface area contributed by atoms with Crippen molar-refractivity contribution in [2.24, 2.45) is 0 Å². The molecule has 0 aliphatic carbocycles. The number of halogens is 3. The first kappa shape index (κ1) is 18.7. The van der Waals surface area contributed by atoms with Crippen LogP contribution in [0.3, 0.4) is 0 Å². The molecule has 1 aromatic heterocycles. The molecule has 0 saturated carbocycles. The molecule has 0 amide bonds. The van der Waals surface area contributed by atoms with Crippen LogP contribution in [-0.4, -0.2) is 36.9 Å². The Morgan fingerprint density at radius 1 is 1.15 bits per heavy atom. The van der Waals surface area contributed by atoms with Gasteiger partial charge in [-0.2, -0.15) is 17.5 Å². The summed E-state index contributed by atoms with van der Waals surface area (Å²) >= 11 is 0. The summed E-state index contributed by atoms with van der Waals surface area (Å²) in [6.07, 6.45) is -5.09. The highest BCUT2D eigenvalue weighted by Crippen LogP contribution is 2.30. The minimum Gasteiger partial charge on any atom is -0.472 e. The predicted octanol–water partition coefficient (Wildman–Crippen LogP) is 3.17. The number of nitrogens with zero attached hydrogens (tertiary/aromatic N) is 2. The zero-order valence-corrected chi connectivity index (χ0v) is 14.9. The Bertz CT molecular complexity index is 923. The summed E-state index contributed by atoms with van der Waals surface area (Å²) < 4.78 is 70.0. The molecule has 1 aromatic carbocycles. The van der Waals surface area contributed by atoms with Crippen LogP contribution in [-0.2, 0) is 16.2 Å². The van der Waals surface area contributed by atoms with Gasteiger partial charge in [0.25, 0.3) is 0 Å². The second-order valence-electron chi connectivity index (χ2n) is 6.19. The Morgan fingerprint density at radius 3 is 2.50 bits per heavy atom. The first-order chi connectivity index (χ1) is 12.1. The van der Waals surface area contributed by atoms with Gasteiger partial charge in [-0.15, -0.1) is 0 Å². The molecular formula is C17H17F3N2O3S. The number of alkyl halides is 3. The number of hydrogen-bond acceptors (Lipinski definition) is 4. The number of pyridine rings is 1. The van der Waals surface area contributed by atoms with E-state index in [9.17, 15) is 21.6 Å². The van der Waals surface area contributed by atoms with Gasteiger partial charge in [-0.1, -0.05) is 18.2 Å². The summed E-state index contributed by atoms with van der Waals surface area (Å²) in [7, 11) is -3.66. The third kappa shape index (κ3) is 3.68. The second kappa shape index (κ2) is 6.55. The molecule has 0 radical (unpaired) electrons. The molecule has 3 rings (SSSR count). The van der Waals surface area contributed by atoms with Crippen molar-refractivity contribution in [2.75, 3.05) is 13.1 Å². The number of aryl methyl sites for hydroxylation is 2. The van der Waals surface area contributed by atoms with Gasteiger partial charge in [0.1, 0.15) is 11.8 Å². The number of hydrogen-bond donors (Lipinski definition) is 0. The van der Waals surface area contributed by atoms with E-state index in [1.54, 1.807) is 26.0 Å². The fraction of sp³-hybridized carbons (Fsp3) is 0.353. The van der Waals surface area contributed by atoms with Crippen LogP contribution in [0, 0.1) is 13.8 Å². The van der Waals surface area contributed by atoms with Gasteiger partial charge < -0.3 is 4.74 Å². The van der Waals surface area contributed by atoms with E-state index >= 15 is 0 Å². The number of benzene rings is 1. The Morgan fingerprint density at radius 2 is 1.85 bits per heavy atom. The summed E-state index contributed by atoms with van der Waals surface area (Å²) in [5.41, 5.74) is 0.421. The third-order valence-electron chi connectivity index (χ3n) is 4.08. The van der Waals surface area contributed by atoms with Crippen LogP contribution in [0.2, 0.25) is 0 Å². The molecule has 0 atom stereocenters. The van der Waals surface area contributed by atoms with Crippen molar-refractivity contribution in [1.82, 2.24) is 9.29 Å². The molecule has 0 N–H and O–H groups in total. The Balaban J connectivity index is 1.68. The molecule has 5 nitrogen and oxygen atoms in total. The molecule has 1 saturated heterocycles. The molecular weight excluding hydrogens is 369 g/mol. The molecule has 1 fully saturated rings. The maximum atomic E-state index is 12.7. The van der Waals surface area contributed by atoms with Crippen LogP contribution >= 0.6 is 0 Å². The second-order valence-corrected chi connectivity index (χ2v) is 8.10. The summed E-state index contributed by atoms with van der Waals surface area (Å²) in [6.45, 7) is 3.65. The van der Waals surface area contributed by atoms with E-state index in [-0.39, 0.29) is 23.9 Å². The van der Waals surface area contributed by atoms with E-state index in [1.807, 2.05) is 6.07 Å². The minimum atomic E-state index is -4.56. The summed E-state index contributed by atoms with van der Waals surface area (Å²) in [6, 6.07) is 8.54. The van der Waals surface area contributed by atoms with Gasteiger partial charge in [-0.25, -0.2) is 13.4 Å². The van der Waals surface area contributed by atoms with Crippen LogP contribution in [0.5, 0.6) is 5.88 Å². The van der Waals surface area contributed by atoms with E-state index in [2.05, 4.69) is 4.98 Å². The standard InChI is InChI=1S/C17H17F3N2O3S/c1-11-6-7-12(2)14(8-11)26(23,24)22-9-13(10-22)25-16-5-3-4-15(21-16)17(18,19)20/h3-8,13H,9-10H2,1-2H3. The average Bonchev–Trinajstić information content (AvgIpc) is 2.52. The van der Waals surface area contributed by atoms with E-state index in [4.69, 9.17) is 4.74 Å². The lowest BCUT2D eigenvalue weighted by molar-refractivity contribution is -0.141.